The van der Waals surface area contributed by atoms with E-state index in [4.69, 9.17) is 0 Å². The third-order valence-electron chi connectivity index (χ3n) is 3.40. The molecule has 0 saturated carbocycles. The Balaban J connectivity index is 1.93. The Bertz CT molecular complexity index is 472. The summed E-state index contributed by atoms with van der Waals surface area (Å²) in [6, 6.07) is 0. The van der Waals surface area contributed by atoms with Crippen molar-refractivity contribution in [2.24, 2.45) is 4.99 Å². The maximum atomic E-state index is 9.63. The van der Waals surface area contributed by atoms with E-state index in [0.29, 0.717) is 6.54 Å². The third-order valence-corrected chi connectivity index (χ3v) is 4.53. The van der Waals surface area contributed by atoms with Crippen molar-refractivity contribution in [1.29, 1.82) is 0 Å². The molecule has 1 aromatic rings. The molecule has 0 unspecified atom stereocenters. The summed E-state index contributed by atoms with van der Waals surface area (Å²) < 4.78 is 0. The summed E-state index contributed by atoms with van der Waals surface area (Å²) in [6.07, 6.45) is 1.55. The van der Waals surface area contributed by atoms with Crippen molar-refractivity contribution in [3.63, 3.8) is 0 Å². The van der Waals surface area contributed by atoms with Crippen LogP contribution in [0.3, 0.4) is 0 Å². The maximum Gasteiger partial charge on any atom is 0.194 e. The standard InChI is InChI=1S/C14H24N4OS/c1-4-15-14(18-8-6-12(19)9-18)16-7-5-13-10(2)17-11(3)20-13/h12,19H,4-9H2,1-3H3,(H,15,16)/t12-/m1/s1. The van der Waals surface area contributed by atoms with Gasteiger partial charge in [0.2, 0.25) is 0 Å². The summed E-state index contributed by atoms with van der Waals surface area (Å²) in [6.45, 7) is 9.35. The number of β-amino-alcohol motifs (C(OH)–C–C–N with tert-alkyl or cyclic N) is 1. The van der Waals surface area contributed by atoms with Crippen LogP contribution in [0.25, 0.3) is 0 Å². The van der Waals surface area contributed by atoms with E-state index in [0.717, 1.165) is 49.1 Å². The Kier molecular flexibility index (Phi) is 5.37. The van der Waals surface area contributed by atoms with Crippen LogP contribution in [0, 0.1) is 13.8 Å². The zero-order valence-corrected chi connectivity index (χ0v) is 13.3. The number of guanidine groups is 1. The summed E-state index contributed by atoms with van der Waals surface area (Å²) in [7, 11) is 0. The molecule has 1 aliphatic rings. The van der Waals surface area contributed by atoms with Crippen LogP contribution in [-0.4, -0.2) is 53.2 Å². The summed E-state index contributed by atoms with van der Waals surface area (Å²) in [5.41, 5.74) is 1.13. The fourth-order valence-corrected chi connectivity index (χ4v) is 3.35. The summed E-state index contributed by atoms with van der Waals surface area (Å²) in [5.74, 6) is 0.919. The van der Waals surface area contributed by atoms with Gasteiger partial charge >= 0.3 is 0 Å². The number of aliphatic hydroxyl groups is 1. The first-order chi connectivity index (χ1) is 9.60. The van der Waals surface area contributed by atoms with Crippen LogP contribution < -0.4 is 5.32 Å². The average molecular weight is 296 g/mol. The molecular formula is C14H24N4OS. The van der Waals surface area contributed by atoms with E-state index in [2.05, 4.69) is 34.0 Å². The summed E-state index contributed by atoms with van der Waals surface area (Å²) in [5, 5.41) is 14.1. The van der Waals surface area contributed by atoms with E-state index in [1.165, 1.54) is 4.88 Å². The molecule has 5 nitrogen and oxygen atoms in total. The van der Waals surface area contributed by atoms with Crippen molar-refractivity contribution in [3.05, 3.63) is 15.6 Å². The zero-order chi connectivity index (χ0) is 14.5. The SMILES string of the molecule is CCNC(=NCCc1sc(C)nc1C)N1CC[C@@H](O)C1. The molecule has 0 radical (unpaired) electrons. The fraction of sp³-hybridized carbons (Fsp3) is 0.714. The zero-order valence-electron chi connectivity index (χ0n) is 12.5. The quantitative estimate of drug-likeness (QED) is 0.650. The van der Waals surface area contributed by atoms with Gasteiger partial charge in [-0.3, -0.25) is 4.99 Å². The van der Waals surface area contributed by atoms with Gasteiger partial charge in [-0.15, -0.1) is 11.3 Å². The van der Waals surface area contributed by atoms with E-state index >= 15 is 0 Å². The molecule has 1 aromatic heterocycles. The second kappa shape index (κ2) is 7.04. The van der Waals surface area contributed by atoms with Crippen LogP contribution in [0.2, 0.25) is 0 Å². The number of nitrogens with one attached hydrogen (secondary N) is 1. The molecule has 2 heterocycles. The van der Waals surface area contributed by atoms with Gasteiger partial charge in [-0.25, -0.2) is 4.98 Å². The average Bonchev–Trinajstić information content (AvgIpc) is 2.95. The van der Waals surface area contributed by atoms with Crippen molar-refractivity contribution < 1.29 is 5.11 Å². The number of thiazole rings is 1. The minimum atomic E-state index is -0.217. The molecule has 20 heavy (non-hydrogen) atoms. The lowest BCUT2D eigenvalue weighted by molar-refractivity contribution is 0.188. The predicted octanol–water partition coefficient (Wildman–Crippen LogP) is 1.33. The highest BCUT2D eigenvalue weighted by Gasteiger charge is 2.22. The molecule has 2 N–H and O–H groups in total. The molecule has 112 valence electrons. The van der Waals surface area contributed by atoms with E-state index < -0.39 is 0 Å². The van der Waals surface area contributed by atoms with Gasteiger partial charge in [0.1, 0.15) is 0 Å². The van der Waals surface area contributed by atoms with Gasteiger partial charge in [0, 0.05) is 37.5 Å². The molecular weight excluding hydrogens is 272 g/mol. The van der Waals surface area contributed by atoms with Crippen LogP contribution in [0.15, 0.2) is 4.99 Å². The molecule has 0 spiro atoms. The molecule has 1 aliphatic heterocycles. The highest BCUT2D eigenvalue weighted by atomic mass is 32.1. The number of nitrogens with zero attached hydrogens (tertiary/aromatic N) is 3. The molecule has 1 saturated heterocycles. The van der Waals surface area contributed by atoms with Gasteiger partial charge in [-0.1, -0.05) is 0 Å². The molecule has 0 amide bonds. The normalized spacial score (nSPS) is 19.7. The monoisotopic (exact) mass is 296 g/mol. The van der Waals surface area contributed by atoms with E-state index in [1.807, 2.05) is 6.92 Å². The molecule has 0 bridgehead atoms. The number of hydrogen-bond donors (Lipinski definition) is 2. The lowest BCUT2D eigenvalue weighted by Gasteiger charge is -2.20. The lowest BCUT2D eigenvalue weighted by Crippen LogP contribution is -2.40. The van der Waals surface area contributed by atoms with Gasteiger partial charge in [0.25, 0.3) is 0 Å². The number of aliphatic imine (C=N–C) groups is 1. The summed E-state index contributed by atoms with van der Waals surface area (Å²) in [4.78, 5) is 12.6. The Labute approximate surface area is 124 Å². The van der Waals surface area contributed by atoms with E-state index in [-0.39, 0.29) is 6.10 Å². The minimum absolute atomic E-state index is 0.217. The van der Waals surface area contributed by atoms with Crippen molar-refractivity contribution in [2.45, 2.75) is 39.7 Å². The van der Waals surface area contributed by atoms with Crippen LogP contribution in [0.1, 0.15) is 28.9 Å². The molecule has 2 rings (SSSR count). The van der Waals surface area contributed by atoms with Gasteiger partial charge < -0.3 is 15.3 Å². The first kappa shape index (κ1) is 15.3. The molecule has 1 fully saturated rings. The summed E-state index contributed by atoms with van der Waals surface area (Å²) >= 11 is 1.76. The van der Waals surface area contributed by atoms with Gasteiger partial charge in [-0.2, -0.15) is 0 Å². The first-order valence-electron chi connectivity index (χ1n) is 7.24. The number of aryl methyl sites for hydroxylation is 2. The second-order valence-corrected chi connectivity index (χ2v) is 6.40. The Morgan fingerprint density at radius 3 is 2.90 bits per heavy atom. The van der Waals surface area contributed by atoms with E-state index in [9.17, 15) is 5.11 Å². The lowest BCUT2D eigenvalue weighted by atomic mass is 10.3. The Morgan fingerprint density at radius 2 is 2.35 bits per heavy atom. The number of aliphatic hydroxyl groups excluding tert-OH is 1. The number of rotatable bonds is 4. The maximum absolute atomic E-state index is 9.63. The highest BCUT2D eigenvalue weighted by molar-refractivity contribution is 7.11. The largest absolute Gasteiger partial charge is 0.391 e. The molecule has 6 heteroatoms. The van der Waals surface area contributed by atoms with Crippen LogP contribution in [-0.2, 0) is 6.42 Å². The number of hydrogen-bond acceptors (Lipinski definition) is 4. The molecule has 1 atom stereocenters. The highest BCUT2D eigenvalue weighted by Crippen LogP contribution is 2.17. The smallest absolute Gasteiger partial charge is 0.194 e. The number of aromatic nitrogens is 1. The first-order valence-corrected chi connectivity index (χ1v) is 8.06. The van der Waals surface area contributed by atoms with Crippen molar-refractivity contribution in [1.82, 2.24) is 15.2 Å². The fourth-order valence-electron chi connectivity index (χ4n) is 2.43. The van der Waals surface area contributed by atoms with Crippen molar-refractivity contribution in [2.75, 3.05) is 26.2 Å². The van der Waals surface area contributed by atoms with Crippen LogP contribution in [0.5, 0.6) is 0 Å². The van der Waals surface area contributed by atoms with Crippen LogP contribution >= 0.6 is 11.3 Å². The van der Waals surface area contributed by atoms with Crippen molar-refractivity contribution in [3.8, 4) is 0 Å². The van der Waals surface area contributed by atoms with Gasteiger partial charge in [-0.05, 0) is 27.2 Å². The Morgan fingerprint density at radius 1 is 1.55 bits per heavy atom. The van der Waals surface area contributed by atoms with Gasteiger partial charge in [0.15, 0.2) is 5.96 Å². The second-order valence-electron chi connectivity index (χ2n) is 5.12. The Hall–Kier alpha value is -1.14. The topological polar surface area (TPSA) is 60.8 Å². The minimum Gasteiger partial charge on any atom is -0.391 e. The molecule has 0 aliphatic carbocycles. The van der Waals surface area contributed by atoms with E-state index in [1.54, 1.807) is 11.3 Å². The number of likely N-dealkylation sites (tertiary alicyclic amines) is 1. The van der Waals surface area contributed by atoms with Crippen molar-refractivity contribution >= 4 is 17.3 Å². The van der Waals surface area contributed by atoms with Crippen LogP contribution in [0.4, 0.5) is 0 Å². The predicted molar refractivity (Wildman–Crippen MR) is 83.5 cm³/mol. The molecule has 0 aromatic carbocycles. The van der Waals surface area contributed by atoms with Gasteiger partial charge in [0.05, 0.1) is 16.8 Å². The third kappa shape index (κ3) is 3.93.